The van der Waals surface area contributed by atoms with E-state index >= 15 is 0 Å². The van der Waals surface area contributed by atoms with E-state index in [-0.39, 0.29) is 24.1 Å². The molecule has 26 heavy (non-hydrogen) atoms. The number of amides is 1. The van der Waals surface area contributed by atoms with Gasteiger partial charge in [0.15, 0.2) is 0 Å². The smallest absolute Gasteiger partial charge is 0.233 e. The third-order valence-electron chi connectivity index (χ3n) is 4.46. The zero-order valence-electron chi connectivity index (χ0n) is 14.9. The number of aromatic nitrogens is 1. The van der Waals surface area contributed by atoms with Crippen LogP contribution in [0.3, 0.4) is 0 Å². The first-order valence-electron chi connectivity index (χ1n) is 8.33. The molecule has 0 saturated carbocycles. The predicted molar refractivity (Wildman–Crippen MR) is 102 cm³/mol. The number of halogens is 2. The zero-order valence-corrected chi connectivity index (χ0v) is 16.5. The maximum atomic E-state index is 12.9. The van der Waals surface area contributed by atoms with Crippen LogP contribution in [0.15, 0.2) is 33.7 Å². The lowest BCUT2D eigenvalue weighted by atomic mass is 10.2. The average molecular weight is 400 g/mol. The summed E-state index contributed by atoms with van der Waals surface area (Å²) in [6, 6.07) is 6.24. The van der Waals surface area contributed by atoms with Gasteiger partial charge in [-0.25, -0.2) is 4.39 Å². The fraction of sp³-hybridized carbons (Fsp3) is 0.444. The average Bonchev–Trinajstić information content (AvgIpc) is 2.93. The Bertz CT molecular complexity index is 711. The molecule has 2 aromatic rings. The van der Waals surface area contributed by atoms with Gasteiger partial charge in [0.2, 0.25) is 5.91 Å². The molecule has 0 radical (unpaired) electrons. The van der Waals surface area contributed by atoms with Gasteiger partial charge in [-0.2, -0.15) is 0 Å². The van der Waals surface area contributed by atoms with Gasteiger partial charge in [-0.15, -0.1) is 24.2 Å². The molecular formula is C18H23ClFN3O2S. The fourth-order valence-corrected chi connectivity index (χ4v) is 3.68. The maximum absolute atomic E-state index is 12.9. The van der Waals surface area contributed by atoms with E-state index in [4.69, 9.17) is 4.52 Å². The molecule has 0 N–H and O–H groups in total. The van der Waals surface area contributed by atoms with Gasteiger partial charge in [-0.1, -0.05) is 5.16 Å². The van der Waals surface area contributed by atoms with Crippen LogP contribution in [-0.2, 0) is 11.3 Å². The summed E-state index contributed by atoms with van der Waals surface area (Å²) >= 11 is 1.45. The number of piperazine rings is 1. The molecule has 2 heterocycles. The van der Waals surface area contributed by atoms with Gasteiger partial charge < -0.3 is 9.42 Å². The molecule has 5 nitrogen and oxygen atoms in total. The Morgan fingerprint density at radius 3 is 2.42 bits per heavy atom. The van der Waals surface area contributed by atoms with Gasteiger partial charge in [0.05, 0.1) is 11.4 Å². The van der Waals surface area contributed by atoms with Crippen molar-refractivity contribution in [1.82, 2.24) is 15.0 Å². The Balaban J connectivity index is 0.00000243. The van der Waals surface area contributed by atoms with Crippen molar-refractivity contribution >= 4 is 30.1 Å². The van der Waals surface area contributed by atoms with E-state index in [1.807, 2.05) is 18.7 Å². The highest BCUT2D eigenvalue weighted by Gasteiger charge is 2.22. The minimum Gasteiger partial charge on any atom is -0.361 e. The van der Waals surface area contributed by atoms with Crippen LogP contribution in [0, 0.1) is 19.7 Å². The number of thioether (sulfide) groups is 1. The molecule has 0 spiro atoms. The molecule has 0 bridgehead atoms. The molecular weight excluding hydrogens is 377 g/mol. The van der Waals surface area contributed by atoms with E-state index in [0.29, 0.717) is 5.75 Å². The SMILES string of the molecule is Cc1noc(C)c1CN1CCN(C(=O)CSc2ccc(F)cc2)CC1.Cl. The van der Waals surface area contributed by atoms with Crippen molar-refractivity contribution in [3.63, 3.8) is 0 Å². The molecule has 1 aromatic carbocycles. The molecule has 142 valence electrons. The summed E-state index contributed by atoms with van der Waals surface area (Å²) in [6.07, 6.45) is 0. The normalized spacial score (nSPS) is 15.0. The standard InChI is InChI=1S/C18H22FN3O2S.ClH/c1-13-17(14(2)24-20-13)11-21-7-9-22(10-8-21)18(23)12-25-16-5-3-15(19)4-6-16;/h3-6H,7-12H2,1-2H3;1H. The number of rotatable bonds is 5. The van der Waals surface area contributed by atoms with Crippen molar-refractivity contribution in [2.45, 2.75) is 25.3 Å². The number of hydrogen-bond donors (Lipinski definition) is 0. The molecule has 1 saturated heterocycles. The van der Waals surface area contributed by atoms with Crippen molar-refractivity contribution in [3.8, 4) is 0 Å². The fourth-order valence-electron chi connectivity index (χ4n) is 2.87. The summed E-state index contributed by atoms with van der Waals surface area (Å²) < 4.78 is 18.1. The van der Waals surface area contributed by atoms with E-state index in [1.54, 1.807) is 12.1 Å². The van der Waals surface area contributed by atoms with E-state index in [2.05, 4.69) is 10.1 Å². The van der Waals surface area contributed by atoms with Gasteiger partial charge in [-0.3, -0.25) is 9.69 Å². The number of aryl methyl sites for hydroxylation is 2. The van der Waals surface area contributed by atoms with E-state index in [0.717, 1.165) is 54.6 Å². The highest BCUT2D eigenvalue weighted by Crippen LogP contribution is 2.20. The predicted octanol–water partition coefficient (Wildman–Crippen LogP) is 3.29. The van der Waals surface area contributed by atoms with Crippen LogP contribution in [0.25, 0.3) is 0 Å². The lowest BCUT2D eigenvalue weighted by molar-refractivity contribution is -0.130. The molecule has 1 fully saturated rings. The summed E-state index contributed by atoms with van der Waals surface area (Å²) in [5.41, 5.74) is 2.08. The lowest BCUT2D eigenvalue weighted by Gasteiger charge is -2.34. The van der Waals surface area contributed by atoms with Gasteiger partial charge >= 0.3 is 0 Å². The molecule has 1 aliphatic rings. The first-order chi connectivity index (χ1) is 12.0. The van der Waals surface area contributed by atoms with Crippen LogP contribution in [0.1, 0.15) is 17.0 Å². The largest absolute Gasteiger partial charge is 0.361 e. The highest BCUT2D eigenvalue weighted by molar-refractivity contribution is 8.00. The van der Waals surface area contributed by atoms with Crippen LogP contribution in [0.5, 0.6) is 0 Å². The maximum Gasteiger partial charge on any atom is 0.233 e. The molecule has 3 rings (SSSR count). The molecule has 0 unspecified atom stereocenters. The van der Waals surface area contributed by atoms with Crippen LogP contribution in [-0.4, -0.2) is 52.8 Å². The minimum atomic E-state index is -0.259. The quantitative estimate of drug-likeness (QED) is 0.722. The van der Waals surface area contributed by atoms with Gasteiger partial charge in [0.1, 0.15) is 11.6 Å². The first kappa shape index (κ1) is 20.7. The third kappa shape index (κ3) is 5.22. The second kappa shape index (κ2) is 9.39. The lowest BCUT2D eigenvalue weighted by Crippen LogP contribution is -2.48. The Hall–Kier alpha value is -1.57. The highest BCUT2D eigenvalue weighted by atomic mass is 35.5. The molecule has 8 heteroatoms. The van der Waals surface area contributed by atoms with Crippen molar-refractivity contribution in [2.75, 3.05) is 31.9 Å². The zero-order chi connectivity index (χ0) is 17.8. The number of benzene rings is 1. The molecule has 1 aliphatic heterocycles. The minimum absolute atomic E-state index is 0. The van der Waals surface area contributed by atoms with Crippen LogP contribution >= 0.6 is 24.2 Å². The number of carbonyl (C=O) groups is 1. The van der Waals surface area contributed by atoms with Crippen LogP contribution < -0.4 is 0 Å². The van der Waals surface area contributed by atoms with Crippen LogP contribution in [0.4, 0.5) is 4.39 Å². The summed E-state index contributed by atoms with van der Waals surface area (Å²) in [6.45, 7) is 7.85. The molecule has 0 aliphatic carbocycles. The van der Waals surface area contributed by atoms with Gasteiger partial charge in [-0.05, 0) is 38.1 Å². The monoisotopic (exact) mass is 399 g/mol. The Morgan fingerprint density at radius 2 is 1.85 bits per heavy atom. The second-order valence-corrected chi connectivity index (χ2v) is 7.25. The van der Waals surface area contributed by atoms with E-state index in [1.165, 1.54) is 23.9 Å². The first-order valence-corrected chi connectivity index (χ1v) is 9.32. The number of nitrogens with zero attached hydrogens (tertiary/aromatic N) is 3. The summed E-state index contributed by atoms with van der Waals surface area (Å²) in [5.74, 6) is 1.12. The van der Waals surface area contributed by atoms with Gasteiger partial charge in [0, 0.05) is 43.2 Å². The number of carbonyl (C=O) groups excluding carboxylic acids is 1. The summed E-state index contributed by atoms with van der Waals surface area (Å²) in [7, 11) is 0. The van der Waals surface area contributed by atoms with Gasteiger partial charge in [0.25, 0.3) is 0 Å². The molecule has 1 amide bonds. The summed E-state index contributed by atoms with van der Waals surface area (Å²) in [5, 5.41) is 3.99. The Morgan fingerprint density at radius 1 is 1.19 bits per heavy atom. The number of hydrogen-bond acceptors (Lipinski definition) is 5. The third-order valence-corrected chi connectivity index (χ3v) is 5.46. The van der Waals surface area contributed by atoms with Crippen molar-refractivity contribution in [2.24, 2.45) is 0 Å². The van der Waals surface area contributed by atoms with E-state index < -0.39 is 0 Å². The van der Waals surface area contributed by atoms with Crippen molar-refractivity contribution < 1.29 is 13.7 Å². The molecule has 1 aromatic heterocycles. The topological polar surface area (TPSA) is 49.6 Å². The van der Waals surface area contributed by atoms with Crippen molar-refractivity contribution in [1.29, 1.82) is 0 Å². The Labute approximate surface area is 163 Å². The second-order valence-electron chi connectivity index (χ2n) is 6.20. The molecule has 0 atom stereocenters. The van der Waals surface area contributed by atoms with E-state index in [9.17, 15) is 9.18 Å². The van der Waals surface area contributed by atoms with Crippen molar-refractivity contribution in [3.05, 3.63) is 47.1 Å². The Kier molecular flexibility index (Phi) is 7.49. The van der Waals surface area contributed by atoms with Crippen LogP contribution in [0.2, 0.25) is 0 Å². The summed E-state index contributed by atoms with van der Waals surface area (Å²) in [4.78, 5) is 17.5.